The van der Waals surface area contributed by atoms with E-state index in [0.29, 0.717) is 11.1 Å². The van der Waals surface area contributed by atoms with Crippen molar-refractivity contribution in [2.24, 2.45) is 5.73 Å². The van der Waals surface area contributed by atoms with Crippen LogP contribution < -0.4 is 5.73 Å². The summed E-state index contributed by atoms with van der Waals surface area (Å²) in [6.45, 7) is 1.12. The van der Waals surface area contributed by atoms with Crippen molar-refractivity contribution < 1.29 is 19.2 Å². The van der Waals surface area contributed by atoms with Gasteiger partial charge in [0.1, 0.15) is 0 Å². The molecule has 0 aromatic heterocycles. The first kappa shape index (κ1) is 17.3. The number of ether oxygens (including phenoxy) is 1. The number of nitrogens with two attached hydrogens (primary N) is 1. The first-order valence-corrected chi connectivity index (χ1v) is 7.13. The van der Waals surface area contributed by atoms with Crippen LogP contribution in [-0.4, -0.2) is 16.9 Å². The molecule has 124 valence electrons. The van der Waals surface area contributed by atoms with Crippen LogP contribution in [0.3, 0.4) is 0 Å². The lowest BCUT2D eigenvalue weighted by molar-refractivity contribution is -0.385. The van der Waals surface area contributed by atoms with Gasteiger partial charge in [-0.25, -0.2) is 0 Å². The molecule has 0 fully saturated rings. The summed E-state index contributed by atoms with van der Waals surface area (Å²) in [6.07, 6.45) is -0.336. The van der Waals surface area contributed by atoms with Gasteiger partial charge < -0.3 is 10.5 Å². The smallest absolute Gasteiger partial charge is 0.316 e. The second-order valence-corrected chi connectivity index (χ2v) is 5.29. The van der Waals surface area contributed by atoms with Crippen LogP contribution in [0.25, 0.3) is 0 Å². The molecule has 7 nitrogen and oxygen atoms in total. The monoisotopic (exact) mass is 328 g/mol. The van der Waals surface area contributed by atoms with Crippen LogP contribution in [0, 0.1) is 10.1 Å². The molecule has 0 heterocycles. The third-order valence-electron chi connectivity index (χ3n) is 3.54. The zero-order valence-electron chi connectivity index (χ0n) is 13.0. The van der Waals surface area contributed by atoms with E-state index in [-0.39, 0.29) is 12.1 Å². The Morgan fingerprint density at radius 3 is 2.33 bits per heavy atom. The number of carbonyl (C=O) groups is 2. The van der Waals surface area contributed by atoms with Crippen molar-refractivity contribution >= 4 is 17.6 Å². The molecule has 0 saturated carbocycles. The zero-order chi connectivity index (χ0) is 17.7. The molecule has 1 atom stereocenters. The van der Waals surface area contributed by atoms with Crippen LogP contribution in [0.2, 0.25) is 0 Å². The highest BCUT2D eigenvalue weighted by Gasteiger charge is 2.34. The number of nitro benzene ring substituents is 1. The Hall–Kier alpha value is -3.06. The molecule has 0 aliphatic rings. The lowest BCUT2D eigenvalue weighted by atomic mass is 9.81. The molecule has 0 aliphatic heterocycles. The molecule has 0 spiro atoms. The Bertz CT molecular complexity index is 776. The maximum atomic E-state index is 12.0. The number of nitro groups is 1. The number of esters is 2. The van der Waals surface area contributed by atoms with Crippen LogP contribution in [-0.2, 0) is 19.9 Å². The van der Waals surface area contributed by atoms with E-state index in [1.165, 1.54) is 18.2 Å². The van der Waals surface area contributed by atoms with E-state index in [4.69, 9.17) is 5.73 Å². The Morgan fingerprint density at radius 1 is 1.12 bits per heavy atom. The third-order valence-corrected chi connectivity index (χ3v) is 3.54. The first-order valence-electron chi connectivity index (χ1n) is 7.13. The summed E-state index contributed by atoms with van der Waals surface area (Å²) in [4.78, 5) is 33.4. The number of benzene rings is 2. The fourth-order valence-corrected chi connectivity index (χ4v) is 2.43. The second kappa shape index (κ2) is 7.01. The average Bonchev–Trinajstić information content (AvgIpc) is 2.54. The van der Waals surface area contributed by atoms with Crippen molar-refractivity contribution in [1.82, 2.24) is 0 Å². The molecule has 2 aromatic carbocycles. The predicted molar refractivity (Wildman–Crippen MR) is 85.9 cm³/mol. The Labute approximate surface area is 138 Å². The van der Waals surface area contributed by atoms with E-state index in [1.54, 1.807) is 36.4 Å². The van der Waals surface area contributed by atoms with Gasteiger partial charge in [0.2, 0.25) is 0 Å². The van der Waals surface area contributed by atoms with E-state index in [0.717, 1.165) is 6.92 Å². The molecule has 2 rings (SSSR count). The topological polar surface area (TPSA) is 113 Å². The minimum Gasteiger partial charge on any atom is -0.393 e. The summed E-state index contributed by atoms with van der Waals surface area (Å²) in [5, 5.41) is 11.0. The molecule has 1 unspecified atom stereocenters. The van der Waals surface area contributed by atoms with Crippen molar-refractivity contribution in [3.63, 3.8) is 0 Å². The van der Waals surface area contributed by atoms with Crippen LogP contribution in [0.5, 0.6) is 0 Å². The zero-order valence-corrected chi connectivity index (χ0v) is 13.0. The van der Waals surface area contributed by atoms with Crippen molar-refractivity contribution in [1.29, 1.82) is 0 Å². The maximum absolute atomic E-state index is 12.0. The van der Waals surface area contributed by atoms with Gasteiger partial charge in [0.15, 0.2) is 0 Å². The van der Waals surface area contributed by atoms with Gasteiger partial charge in [-0.1, -0.05) is 42.5 Å². The summed E-state index contributed by atoms with van der Waals surface area (Å²) in [5.74, 6) is -1.55. The van der Waals surface area contributed by atoms with Gasteiger partial charge in [-0.2, -0.15) is 0 Å². The van der Waals surface area contributed by atoms with Crippen LogP contribution in [0.15, 0.2) is 54.6 Å². The van der Waals surface area contributed by atoms with E-state index in [1.807, 2.05) is 0 Å². The van der Waals surface area contributed by atoms with Gasteiger partial charge in [0.25, 0.3) is 5.69 Å². The summed E-state index contributed by atoms with van der Waals surface area (Å²) in [5.41, 5.74) is 5.90. The molecule has 0 radical (unpaired) electrons. The van der Waals surface area contributed by atoms with Gasteiger partial charge in [0, 0.05) is 19.1 Å². The minimum absolute atomic E-state index is 0.141. The van der Waals surface area contributed by atoms with E-state index in [2.05, 4.69) is 4.74 Å². The summed E-state index contributed by atoms with van der Waals surface area (Å²) in [7, 11) is 0. The van der Waals surface area contributed by atoms with Gasteiger partial charge in [0.05, 0.1) is 16.9 Å². The van der Waals surface area contributed by atoms with Crippen molar-refractivity contribution in [2.45, 2.75) is 18.9 Å². The molecular weight excluding hydrogens is 312 g/mol. The van der Waals surface area contributed by atoms with Crippen molar-refractivity contribution in [3.05, 3.63) is 75.8 Å². The number of non-ortho nitro benzene ring substituents is 1. The SMILES string of the molecule is CC(=O)OC(=O)CC(N)(c1ccccc1)c1cccc([N+](=O)[O-])c1. The Morgan fingerprint density at radius 2 is 1.75 bits per heavy atom. The van der Waals surface area contributed by atoms with Gasteiger partial charge in [-0.15, -0.1) is 0 Å². The van der Waals surface area contributed by atoms with Gasteiger partial charge in [-0.3, -0.25) is 19.7 Å². The number of nitrogens with zero attached hydrogens (tertiary/aromatic N) is 1. The lowest BCUT2D eigenvalue weighted by Gasteiger charge is -2.29. The quantitative estimate of drug-likeness (QED) is 0.390. The van der Waals surface area contributed by atoms with Gasteiger partial charge >= 0.3 is 11.9 Å². The number of carbonyl (C=O) groups excluding carboxylic acids is 2. The van der Waals surface area contributed by atoms with Crippen molar-refractivity contribution in [2.75, 3.05) is 0 Å². The average molecular weight is 328 g/mol. The molecule has 2 N–H and O–H groups in total. The van der Waals surface area contributed by atoms with E-state index >= 15 is 0 Å². The fourth-order valence-electron chi connectivity index (χ4n) is 2.43. The minimum atomic E-state index is -1.36. The van der Waals surface area contributed by atoms with E-state index in [9.17, 15) is 19.7 Å². The Kier molecular flexibility index (Phi) is 5.05. The largest absolute Gasteiger partial charge is 0.393 e. The van der Waals surface area contributed by atoms with Crippen LogP contribution in [0.4, 0.5) is 5.69 Å². The highest BCUT2D eigenvalue weighted by molar-refractivity contribution is 5.85. The maximum Gasteiger partial charge on any atom is 0.316 e. The first-order chi connectivity index (χ1) is 11.3. The summed E-state index contributed by atoms with van der Waals surface area (Å²) >= 11 is 0. The third kappa shape index (κ3) is 3.82. The van der Waals surface area contributed by atoms with Crippen LogP contribution in [0.1, 0.15) is 24.5 Å². The summed E-state index contributed by atoms with van der Waals surface area (Å²) < 4.78 is 4.57. The molecular formula is C17H16N2O5. The van der Waals surface area contributed by atoms with E-state index < -0.39 is 22.4 Å². The molecule has 0 aliphatic carbocycles. The molecule has 0 bridgehead atoms. The highest BCUT2D eigenvalue weighted by atomic mass is 16.6. The number of hydrogen-bond donors (Lipinski definition) is 1. The van der Waals surface area contributed by atoms with Gasteiger partial charge in [-0.05, 0) is 11.1 Å². The molecule has 24 heavy (non-hydrogen) atoms. The molecule has 0 amide bonds. The standard InChI is InChI=1S/C17H16N2O5/c1-12(20)24-16(21)11-17(18,13-6-3-2-4-7-13)14-8-5-9-15(10-14)19(22)23/h2-10H,11,18H2,1H3. The summed E-state index contributed by atoms with van der Waals surface area (Å²) in [6, 6.07) is 14.4. The predicted octanol–water partition coefficient (Wildman–Crippen LogP) is 2.28. The molecule has 2 aromatic rings. The highest BCUT2D eigenvalue weighted by Crippen LogP contribution is 2.32. The lowest BCUT2D eigenvalue weighted by Crippen LogP contribution is -2.41. The fraction of sp³-hybridized carbons (Fsp3) is 0.176. The molecule has 7 heteroatoms. The second-order valence-electron chi connectivity index (χ2n) is 5.29. The number of hydrogen-bond acceptors (Lipinski definition) is 6. The number of rotatable bonds is 5. The van der Waals surface area contributed by atoms with Crippen molar-refractivity contribution in [3.8, 4) is 0 Å². The van der Waals surface area contributed by atoms with Crippen LogP contribution >= 0.6 is 0 Å². The normalized spacial score (nSPS) is 12.9. The molecule has 0 saturated heterocycles. The Balaban J connectivity index is 2.51.